The summed E-state index contributed by atoms with van der Waals surface area (Å²) in [4.78, 5) is 21.7. The lowest BCUT2D eigenvalue weighted by Gasteiger charge is -2.10. The molecule has 7 nitrogen and oxygen atoms in total. The number of nitrogens with one attached hydrogen (secondary N) is 2. The zero-order chi connectivity index (χ0) is 12.7. The summed E-state index contributed by atoms with van der Waals surface area (Å²) in [5.74, 6) is -1.06. The van der Waals surface area contributed by atoms with Crippen LogP contribution in [0.15, 0.2) is 18.5 Å². The predicted octanol–water partition coefficient (Wildman–Crippen LogP) is 0.0455. The normalized spacial score (nSPS) is 11.8. The van der Waals surface area contributed by atoms with Crippen LogP contribution in [0.1, 0.15) is 13.3 Å². The first kappa shape index (κ1) is 13.0. The van der Waals surface area contributed by atoms with Crippen molar-refractivity contribution < 1.29 is 14.7 Å². The molecule has 0 aliphatic carbocycles. The maximum atomic E-state index is 11.2. The van der Waals surface area contributed by atoms with Gasteiger partial charge in [0.2, 0.25) is 0 Å². The number of aryl methyl sites for hydroxylation is 1. The summed E-state index contributed by atoms with van der Waals surface area (Å²) in [6, 6.07) is 0.468. The molecule has 1 aromatic heterocycles. The van der Waals surface area contributed by atoms with Crippen molar-refractivity contribution in [2.24, 2.45) is 0 Å². The highest BCUT2D eigenvalue weighted by atomic mass is 16.4. The van der Waals surface area contributed by atoms with Crippen LogP contribution in [-0.2, 0) is 11.3 Å². The molecule has 0 unspecified atom stereocenters. The fourth-order valence-corrected chi connectivity index (χ4v) is 1.19. The van der Waals surface area contributed by atoms with Crippen LogP contribution in [-0.4, -0.2) is 39.5 Å². The van der Waals surface area contributed by atoms with Crippen LogP contribution in [0.25, 0.3) is 0 Å². The summed E-state index contributed by atoms with van der Waals surface area (Å²) in [6.07, 6.45) is 4.26. The quantitative estimate of drug-likeness (QED) is 0.612. The Bertz CT molecular complexity index is 364. The van der Waals surface area contributed by atoms with Gasteiger partial charge in [-0.25, -0.2) is 4.79 Å². The van der Waals surface area contributed by atoms with Crippen molar-refractivity contribution in [3.8, 4) is 0 Å². The van der Waals surface area contributed by atoms with Crippen LogP contribution in [0, 0.1) is 0 Å². The fourth-order valence-electron chi connectivity index (χ4n) is 1.19. The average Bonchev–Trinajstić information content (AvgIpc) is 2.77. The van der Waals surface area contributed by atoms with E-state index in [1.54, 1.807) is 10.9 Å². The summed E-state index contributed by atoms with van der Waals surface area (Å²) >= 11 is 0. The minimum Gasteiger partial charge on any atom is -0.480 e. The van der Waals surface area contributed by atoms with Gasteiger partial charge in [-0.2, -0.15) is 5.10 Å². The van der Waals surface area contributed by atoms with Crippen LogP contribution in [0.2, 0.25) is 0 Å². The van der Waals surface area contributed by atoms with Crippen molar-refractivity contribution in [1.82, 2.24) is 20.4 Å². The maximum Gasteiger partial charge on any atom is 0.325 e. The minimum atomic E-state index is -1.06. The summed E-state index contributed by atoms with van der Waals surface area (Å²) in [7, 11) is 0. The van der Waals surface area contributed by atoms with E-state index in [2.05, 4.69) is 15.7 Å². The van der Waals surface area contributed by atoms with Gasteiger partial charge in [-0.05, 0) is 19.4 Å². The van der Waals surface area contributed by atoms with Crippen LogP contribution >= 0.6 is 0 Å². The second kappa shape index (κ2) is 6.51. The van der Waals surface area contributed by atoms with Crippen LogP contribution in [0.5, 0.6) is 0 Å². The molecule has 0 bridgehead atoms. The van der Waals surface area contributed by atoms with Gasteiger partial charge < -0.3 is 15.7 Å². The van der Waals surface area contributed by atoms with E-state index >= 15 is 0 Å². The van der Waals surface area contributed by atoms with E-state index in [1.165, 1.54) is 6.92 Å². The molecule has 0 spiro atoms. The molecule has 2 amide bonds. The molecule has 0 saturated heterocycles. The van der Waals surface area contributed by atoms with E-state index in [9.17, 15) is 9.59 Å². The monoisotopic (exact) mass is 240 g/mol. The van der Waals surface area contributed by atoms with Crippen molar-refractivity contribution in [2.75, 3.05) is 6.54 Å². The number of carbonyl (C=O) groups is 2. The third-order valence-electron chi connectivity index (χ3n) is 2.13. The fraction of sp³-hybridized carbons (Fsp3) is 0.500. The predicted molar refractivity (Wildman–Crippen MR) is 60.5 cm³/mol. The van der Waals surface area contributed by atoms with Crippen LogP contribution < -0.4 is 10.6 Å². The molecule has 0 fully saturated rings. The lowest BCUT2D eigenvalue weighted by molar-refractivity contribution is -0.138. The molecule has 17 heavy (non-hydrogen) atoms. The van der Waals surface area contributed by atoms with Gasteiger partial charge in [-0.3, -0.25) is 9.48 Å². The SMILES string of the molecule is C[C@H](NC(=O)NCCCn1cccn1)C(=O)O. The molecule has 0 saturated carbocycles. The topological polar surface area (TPSA) is 96.3 Å². The van der Waals surface area contributed by atoms with E-state index in [-0.39, 0.29) is 0 Å². The number of aromatic nitrogens is 2. The maximum absolute atomic E-state index is 11.2. The first-order chi connectivity index (χ1) is 8.09. The Labute approximate surface area is 98.8 Å². The second-order valence-corrected chi connectivity index (χ2v) is 3.58. The van der Waals surface area contributed by atoms with E-state index in [0.29, 0.717) is 13.1 Å². The lowest BCUT2D eigenvalue weighted by Crippen LogP contribution is -2.44. The third kappa shape index (κ3) is 5.01. The highest BCUT2D eigenvalue weighted by Gasteiger charge is 2.12. The number of amides is 2. The molecular weight excluding hydrogens is 224 g/mol. The summed E-state index contributed by atoms with van der Waals surface area (Å²) in [6.45, 7) is 2.59. The van der Waals surface area contributed by atoms with Crippen LogP contribution in [0.4, 0.5) is 4.79 Å². The van der Waals surface area contributed by atoms with Gasteiger partial charge >= 0.3 is 12.0 Å². The van der Waals surface area contributed by atoms with Crippen LogP contribution in [0.3, 0.4) is 0 Å². The summed E-state index contributed by atoms with van der Waals surface area (Å²) < 4.78 is 1.76. The number of aliphatic carboxylic acids is 1. The van der Waals surface area contributed by atoms with Crippen molar-refractivity contribution in [3.63, 3.8) is 0 Å². The molecule has 0 aliphatic heterocycles. The van der Waals surface area contributed by atoms with E-state index in [4.69, 9.17) is 5.11 Å². The molecular formula is C10H16N4O3. The number of rotatable bonds is 6. The molecule has 7 heteroatoms. The Kier molecular flexibility index (Phi) is 4.99. The minimum absolute atomic E-state index is 0.470. The Balaban J connectivity index is 2.10. The number of urea groups is 1. The molecule has 94 valence electrons. The number of nitrogens with zero attached hydrogens (tertiary/aromatic N) is 2. The van der Waals surface area contributed by atoms with Gasteiger partial charge in [0.25, 0.3) is 0 Å². The second-order valence-electron chi connectivity index (χ2n) is 3.58. The smallest absolute Gasteiger partial charge is 0.325 e. The number of carboxylic acid groups (broad SMARTS) is 1. The van der Waals surface area contributed by atoms with Crippen molar-refractivity contribution in [3.05, 3.63) is 18.5 Å². The Hall–Kier alpha value is -2.05. The summed E-state index contributed by atoms with van der Waals surface area (Å²) in [5, 5.41) is 17.5. The molecule has 0 aromatic carbocycles. The molecule has 0 aliphatic rings. The Morgan fingerprint density at radius 3 is 2.88 bits per heavy atom. The van der Waals surface area contributed by atoms with Crippen molar-refractivity contribution in [2.45, 2.75) is 25.9 Å². The largest absolute Gasteiger partial charge is 0.480 e. The van der Waals surface area contributed by atoms with E-state index < -0.39 is 18.0 Å². The molecule has 0 radical (unpaired) electrons. The van der Waals surface area contributed by atoms with Gasteiger partial charge in [0, 0.05) is 25.5 Å². The van der Waals surface area contributed by atoms with Crippen molar-refractivity contribution in [1.29, 1.82) is 0 Å². The third-order valence-corrected chi connectivity index (χ3v) is 2.13. The molecule has 1 atom stereocenters. The van der Waals surface area contributed by atoms with E-state index in [1.807, 2.05) is 12.3 Å². The van der Waals surface area contributed by atoms with Crippen molar-refractivity contribution >= 4 is 12.0 Å². The van der Waals surface area contributed by atoms with Gasteiger partial charge in [-0.1, -0.05) is 0 Å². The Morgan fingerprint density at radius 1 is 1.53 bits per heavy atom. The standard InChI is InChI=1S/C10H16N4O3/c1-8(9(15)16)13-10(17)11-4-2-6-14-7-3-5-12-14/h3,5,7-8H,2,4,6H2,1H3,(H,15,16)(H2,11,13,17)/t8-/m0/s1. The van der Waals surface area contributed by atoms with Gasteiger partial charge in [0.1, 0.15) is 6.04 Å². The molecule has 1 rings (SSSR count). The van der Waals surface area contributed by atoms with Gasteiger partial charge in [-0.15, -0.1) is 0 Å². The first-order valence-electron chi connectivity index (χ1n) is 5.34. The molecule has 3 N–H and O–H groups in total. The zero-order valence-electron chi connectivity index (χ0n) is 9.59. The van der Waals surface area contributed by atoms with Gasteiger partial charge in [0.05, 0.1) is 0 Å². The number of hydrogen-bond acceptors (Lipinski definition) is 3. The number of hydrogen-bond donors (Lipinski definition) is 3. The summed E-state index contributed by atoms with van der Waals surface area (Å²) in [5.41, 5.74) is 0. The lowest BCUT2D eigenvalue weighted by atomic mass is 10.3. The highest BCUT2D eigenvalue weighted by Crippen LogP contribution is 1.88. The zero-order valence-corrected chi connectivity index (χ0v) is 9.59. The Morgan fingerprint density at radius 2 is 2.29 bits per heavy atom. The number of carbonyl (C=O) groups excluding carboxylic acids is 1. The van der Waals surface area contributed by atoms with E-state index in [0.717, 1.165) is 6.42 Å². The highest BCUT2D eigenvalue weighted by molar-refractivity contribution is 5.82. The molecule has 1 heterocycles. The average molecular weight is 240 g/mol. The number of carboxylic acids is 1. The first-order valence-corrected chi connectivity index (χ1v) is 5.34. The molecule has 1 aromatic rings. The van der Waals surface area contributed by atoms with Gasteiger partial charge in [0.15, 0.2) is 0 Å².